The van der Waals surface area contributed by atoms with E-state index in [9.17, 15) is 9.18 Å². The lowest BCUT2D eigenvalue weighted by atomic mass is 10.2. The molecule has 0 saturated carbocycles. The van der Waals surface area contributed by atoms with Crippen LogP contribution in [0.15, 0.2) is 35.0 Å². The third-order valence-corrected chi connectivity index (χ3v) is 3.14. The van der Waals surface area contributed by atoms with E-state index in [1.807, 2.05) is 16.8 Å². The smallest absolute Gasteiger partial charge is 0.335 e. The van der Waals surface area contributed by atoms with Crippen molar-refractivity contribution in [3.63, 3.8) is 0 Å². The summed E-state index contributed by atoms with van der Waals surface area (Å²) in [5.41, 5.74) is 1.06. The standard InChI is InChI=1S/C13H11FO3S/c14-11-7-10(13(15)16)1-2-12(11)17-5-3-9-4-6-18-8-9/h1-2,4,6-8H,3,5H2,(H,15,16). The molecule has 94 valence electrons. The first-order valence-corrected chi connectivity index (χ1v) is 6.28. The molecule has 18 heavy (non-hydrogen) atoms. The Hall–Kier alpha value is -1.88. The van der Waals surface area contributed by atoms with Gasteiger partial charge in [-0.05, 0) is 40.6 Å². The fourth-order valence-corrected chi connectivity index (χ4v) is 2.17. The normalized spacial score (nSPS) is 10.3. The van der Waals surface area contributed by atoms with E-state index in [1.54, 1.807) is 11.3 Å². The van der Waals surface area contributed by atoms with Crippen molar-refractivity contribution in [3.05, 3.63) is 52.0 Å². The Bertz CT molecular complexity index is 537. The van der Waals surface area contributed by atoms with Crippen molar-refractivity contribution in [3.8, 4) is 5.75 Å². The summed E-state index contributed by atoms with van der Waals surface area (Å²) in [7, 11) is 0. The van der Waals surface area contributed by atoms with E-state index in [0.29, 0.717) is 13.0 Å². The van der Waals surface area contributed by atoms with Gasteiger partial charge in [-0.25, -0.2) is 9.18 Å². The number of hydrogen-bond donors (Lipinski definition) is 1. The Morgan fingerprint density at radius 2 is 2.22 bits per heavy atom. The highest BCUT2D eigenvalue weighted by molar-refractivity contribution is 7.07. The molecule has 1 aromatic heterocycles. The van der Waals surface area contributed by atoms with Crippen LogP contribution in [-0.4, -0.2) is 17.7 Å². The molecule has 1 N–H and O–H groups in total. The van der Waals surface area contributed by atoms with Crippen LogP contribution in [0.4, 0.5) is 4.39 Å². The molecule has 0 fully saturated rings. The summed E-state index contributed by atoms with van der Waals surface area (Å²) in [6, 6.07) is 5.61. The average Bonchev–Trinajstić information content (AvgIpc) is 2.84. The molecule has 0 aliphatic rings. The summed E-state index contributed by atoms with van der Waals surface area (Å²) < 4.78 is 18.8. The molecule has 0 atom stereocenters. The fraction of sp³-hybridized carbons (Fsp3) is 0.154. The average molecular weight is 266 g/mol. The van der Waals surface area contributed by atoms with Crippen molar-refractivity contribution in [2.45, 2.75) is 6.42 Å². The van der Waals surface area contributed by atoms with E-state index in [0.717, 1.165) is 11.6 Å². The highest BCUT2D eigenvalue weighted by Gasteiger charge is 2.09. The van der Waals surface area contributed by atoms with Gasteiger partial charge in [0.25, 0.3) is 0 Å². The first-order chi connectivity index (χ1) is 8.66. The van der Waals surface area contributed by atoms with Crippen molar-refractivity contribution in [2.24, 2.45) is 0 Å². The van der Waals surface area contributed by atoms with Gasteiger partial charge in [0, 0.05) is 6.42 Å². The lowest BCUT2D eigenvalue weighted by molar-refractivity contribution is 0.0696. The molecule has 0 saturated heterocycles. The van der Waals surface area contributed by atoms with Crippen molar-refractivity contribution in [1.82, 2.24) is 0 Å². The molecule has 0 spiro atoms. The topological polar surface area (TPSA) is 46.5 Å². The second-order valence-electron chi connectivity index (χ2n) is 3.68. The van der Waals surface area contributed by atoms with E-state index < -0.39 is 11.8 Å². The molecule has 3 nitrogen and oxygen atoms in total. The van der Waals surface area contributed by atoms with Gasteiger partial charge in [0.2, 0.25) is 0 Å². The Morgan fingerprint density at radius 3 is 2.83 bits per heavy atom. The molecule has 0 aliphatic carbocycles. The van der Waals surface area contributed by atoms with Gasteiger partial charge in [0.05, 0.1) is 12.2 Å². The lowest BCUT2D eigenvalue weighted by Gasteiger charge is -2.07. The number of benzene rings is 1. The maximum Gasteiger partial charge on any atom is 0.335 e. The summed E-state index contributed by atoms with van der Waals surface area (Å²) >= 11 is 1.60. The molecule has 5 heteroatoms. The molecule has 1 heterocycles. The minimum atomic E-state index is -1.15. The van der Waals surface area contributed by atoms with Crippen molar-refractivity contribution in [1.29, 1.82) is 0 Å². The highest BCUT2D eigenvalue weighted by Crippen LogP contribution is 2.19. The number of carboxylic acids is 1. The van der Waals surface area contributed by atoms with Crippen LogP contribution < -0.4 is 4.74 Å². The number of hydrogen-bond acceptors (Lipinski definition) is 3. The van der Waals surface area contributed by atoms with Crippen LogP contribution in [0.3, 0.4) is 0 Å². The Balaban J connectivity index is 1.95. The molecule has 2 rings (SSSR count). The van der Waals surface area contributed by atoms with E-state index >= 15 is 0 Å². The van der Waals surface area contributed by atoms with Crippen molar-refractivity contribution in [2.75, 3.05) is 6.61 Å². The zero-order valence-corrected chi connectivity index (χ0v) is 10.2. The van der Waals surface area contributed by atoms with Gasteiger partial charge >= 0.3 is 5.97 Å². The number of halogens is 1. The van der Waals surface area contributed by atoms with Gasteiger partial charge in [-0.15, -0.1) is 0 Å². The maximum atomic E-state index is 13.5. The Morgan fingerprint density at radius 1 is 1.39 bits per heavy atom. The Kier molecular flexibility index (Phi) is 3.94. The lowest BCUT2D eigenvalue weighted by Crippen LogP contribution is -2.03. The first-order valence-electron chi connectivity index (χ1n) is 5.33. The van der Waals surface area contributed by atoms with E-state index in [2.05, 4.69) is 0 Å². The quantitative estimate of drug-likeness (QED) is 0.904. The van der Waals surface area contributed by atoms with Gasteiger partial charge in [0.1, 0.15) is 0 Å². The number of carboxylic acid groups (broad SMARTS) is 1. The molecule has 0 unspecified atom stereocenters. The van der Waals surface area contributed by atoms with E-state index in [1.165, 1.54) is 12.1 Å². The molecule has 0 amide bonds. The predicted molar refractivity (Wildman–Crippen MR) is 66.9 cm³/mol. The van der Waals surface area contributed by atoms with E-state index in [4.69, 9.17) is 9.84 Å². The molecule has 0 bridgehead atoms. The monoisotopic (exact) mass is 266 g/mol. The van der Waals surface area contributed by atoms with Crippen molar-refractivity contribution < 1.29 is 19.0 Å². The van der Waals surface area contributed by atoms with Crippen LogP contribution in [0.1, 0.15) is 15.9 Å². The van der Waals surface area contributed by atoms with Gasteiger partial charge in [-0.1, -0.05) is 0 Å². The summed E-state index contributed by atoms with van der Waals surface area (Å²) in [6.45, 7) is 0.361. The number of thiophene rings is 1. The molecule has 0 radical (unpaired) electrons. The summed E-state index contributed by atoms with van der Waals surface area (Å²) in [5, 5.41) is 12.7. The van der Waals surface area contributed by atoms with Crippen LogP contribution in [0.2, 0.25) is 0 Å². The number of aromatic carboxylic acids is 1. The number of carbonyl (C=O) groups is 1. The van der Waals surface area contributed by atoms with Gasteiger partial charge < -0.3 is 9.84 Å². The second-order valence-corrected chi connectivity index (χ2v) is 4.46. The SMILES string of the molecule is O=C(O)c1ccc(OCCc2ccsc2)c(F)c1. The molecule has 1 aromatic carbocycles. The highest BCUT2D eigenvalue weighted by atomic mass is 32.1. The Labute approximate surface area is 107 Å². The summed E-state index contributed by atoms with van der Waals surface area (Å²) in [6.07, 6.45) is 0.698. The molecular weight excluding hydrogens is 255 g/mol. The van der Waals surface area contributed by atoms with Crippen LogP contribution in [0.5, 0.6) is 5.75 Å². The van der Waals surface area contributed by atoms with Gasteiger partial charge in [0.15, 0.2) is 11.6 Å². The number of ether oxygens (including phenoxy) is 1. The van der Waals surface area contributed by atoms with Crippen LogP contribution in [0, 0.1) is 5.82 Å². The third kappa shape index (κ3) is 3.07. The molecule has 0 aliphatic heterocycles. The van der Waals surface area contributed by atoms with E-state index in [-0.39, 0.29) is 11.3 Å². The predicted octanol–water partition coefficient (Wildman–Crippen LogP) is 3.21. The summed E-state index contributed by atoms with van der Waals surface area (Å²) in [4.78, 5) is 10.6. The van der Waals surface area contributed by atoms with Gasteiger partial charge in [-0.3, -0.25) is 0 Å². The zero-order valence-electron chi connectivity index (χ0n) is 9.43. The zero-order chi connectivity index (χ0) is 13.0. The van der Waals surface area contributed by atoms with Gasteiger partial charge in [-0.2, -0.15) is 11.3 Å². The second kappa shape index (κ2) is 5.64. The van der Waals surface area contributed by atoms with Crippen molar-refractivity contribution >= 4 is 17.3 Å². The third-order valence-electron chi connectivity index (χ3n) is 2.41. The summed E-state index contributed by atoms with van der Waals surface area (Å²) in [5.74, 6) is -1.73. The maximum absolute atomic E-state index is 13.5. The first kappa shape index (κ1) is 12.6. The largest absolute Gasteiger partial charge is 0.490 e. The van der Waals surface area contributed by atoms with Crippen LogP contribution >= 0.6 is 11.3 Å². The van der Waals surface area contributed by atoms with Crippen LogP contribution in [0.25, 0.3) is 0 Å². The minimum Gasteiger partial charge on any atom is -0.490 e. The fourth-order valence-electron chi connectivity index (χ4n) is 1.46. The molecular formula is C13H11FO3S. The molecule has 2 aromatic rings. The van der Waals surface area contributed by atoms with Crippen LogP contribution in [-0.2, 0) is 6.42 Å². The number of rotatable bonds is 5. The minimum absolute atomic E-state index is 0.0789.